The molecule has 0 aliphatic carbocycles. The summed E-state index contributed by atoms with van der Waals surface area (Å²) in [6.45, 7) is 1.42. The van der Waals surface area contributed by atoms with Crippen molar-refractivity contribution in [3.05, 3.63) is 39.9 Å². The van der Waals surface area contributed by atoms with Crippen LogP contribution in [0.5, 0.6) is 0 Å². The van der Waals surface area contributed by atoms with Gasteiger partial charge in [0.2, 0.25) is 0 Å². The zero-order chi connectivity index (χ0) is 13.9. The minimum absolute atomic E-state index is 0.0110. The lowest BCUT2D eigenvalue weighted by molar-refractivity contribution is -0.384. The lowest BCUT2D eigenvalue weighted by Crippen LogP contribution is -2.26. The van der Waals surface area contributed by atoms with Gasteiger partial charge in [0, 0.05) is 23.4 Å². The molecule has 0 saturated carbocycles. The summed E-state index contributed by atoms with van der Waals surface area (Å²) >= 11 is 2.82. The SMILES string of the molecule is CCS(=O)(=O)C(Br)C(=O)c1cccc([N+](=O)[O-])c1. The van der Waals surface area contributed by atoms with Gasteiger partial charge in [-0.05, 0) is 0 Å². The monoisotopic (exact) mass is 335 g/mol. The van der Waals surface area contributed by atoms with E-state index in [1.54, 1.807) is 0 Å². The first-order chi connectivity index (χ1) is 8.29. The minimum Gasteiger partial charge on any atom is -0.292 e. The number of hydrogen-bond donors (Lipinski definition) is 0. The van der Waals surface area contributed by atoms with Crippen molar-refractivity contribution in [2.45, 2.75) is 11.1 Å². The Balaban J connectivity index is 3.12. The van der Waals surface area contributed by atoms with Crippen molar-refractivity contribution in [3.63, 3.8) is 0 Å². The number of nitro groups is 1. The van der Waals surface area contributed by atoms with E-state index in [0.29, 0.717) is 0 Å². The summed E-state index contributed by atoms with van der Waals surface area (Å²) in [5.41, 5.74) is -0.266. The molecule has 0 spiro atoms. The highest BCUT2D eigenvalue weighted by atomic mass is 79.9. The van der Waals surface area contributed by atoms with Crippen molar-refractivity contribution in [2.75, 3.05) is 5.75 Å². The zero-order valence-corrected chi connectivity index (χ0v) is 11.8. The number of alkyl halides is 1. The summed E-state index contributed by atoms with van der Waals surface area (Å²) in [6.07, 6.45) is 0. The number of non-ortho nitro benzene ring substituents is 1. The van der Waals surface area contributed by atoms with Crippen LogP contribution in [0.15, 0.2) is 24.3 Å². The van der Waals surface area contributed by atoms with Crippen molar-refractivity contribution in [1.29, 1.82) is 0 Å². The van der Waals surface area contributed by atoms with Gasteiger partial charge in [-0.1, -0.05) is 35.0 Å². The van der Waals surface area contributed by atoms with Gasteiger partial charge in [0.25, 0.3) is 5.69 Å². The molecule has 0 aliphatic heterocycles. The minimum atomic E-state index is -3.58. The molecular formula is C10H10BrNO5S. The van der Waals surface area contributed by atoms with Crippen molar-refractivity contribution in [2.24, 2.45) is 0 Å². The van der Waals surface area contributed by atoms with Crippen LogP contribution in [0.3, 0.4) is 0 Å². The van der Waals surface area contributed by atoms with Crippen molar-refractivity contribution in [3.8, 4) is 0 Å². The van der Waals surface area contributed by atoms with Gasteiger partial charge in [-0.2, -0.15) is 0 Å². The number of hydrogen-bond acceptors (Lipinski definition) is 5. The van der Waals surface area contributed by atoms with E-state index in [2.05, 4.69) is 15.9 Å². The lowest BCUT2D eigenvalue weighted by atomic mass is 10.1. The van der Waals surface area contributed by atoms with E-state index in [4.69, 9.17) is 0 Å². The van der Waals surface area contributed by atoms with Gasteiger partial charge in [0.15, 0.2) is 19.8 Å². The first-order valence-electron chi connectivity index (χ1n) is 4.94. The molecule has 98 valence electrons. The number of benzene rings is 1. The Bertz CT molecular complexity index is 584. The second-order valence-corrected chi connectivity index (χ2v) is 7.34. The standard InChI is InChI=1S/C10H10BrNO5S/c1-2-18(16,17)10(11)9(13)7-4-3-5-8(6-7)12(14)15/h3-6,10H,2H2,1H3. The lowest BCUT2D eigenvalue weighted by Gasteiger charge is -2.08. The van der Waals surface area contributed by atoms with Crippen molar-refractivity contribution < 1.29 is 18.1 Å². The van der Waals surface area contributed by atoms with E-state index >= 15 is 0 Å². The maximum absolute atomic E-state index is 11.9. The normalized spacial score (nSPS) is 13.0. The molecule has 18 heavy (non-hydrogen) atoms. The van der Waals surface area contributed by atoms with Crippen LogP contribution >= 0.6 is 15.9 Å². The third kappa shape index (κ3) is 3.14. The largest absolute Gasteiger partial charge is 0.292 e. The quantitative estimate of drug-likeness (QED) is 0.354. The Labute approximate surface area is 112 Å². The second-order valence-electron chi connectivity index (χ2n) is 3.44. The van der Waals surface area contributed by atoms with Crippen molar-refractivity contribution in [1.82, 2.24) is 0 Å². The fourth-order valence-electron chi connectivity index (χ4n) is 1.21. The average Bonchev–Trinajstić information content (AvgIpc) is 2.37. The van der Waals surface area contributed by atoms with E-state index < -0.39 is 24.7 Å². The third-order valence-electron chi connectivity index (χ3n) is 2.27. The Hall–Kier alpha value is -1.28. The Morgan fingerprint density at radius 2 is 2.11 bits per heavy atom. The van der Waals surface area contributed by atoms with Crippen molar-refractivity contribution >= 4 is 37.2 Å². The Kier molecular flexibility index (Phi) is 4.58. The van der Waals surface area contributed by atoms with Gasteiger partial charge in [-0.25, -0.2) is 8.42 Å². The molecule has 1 unspecified atom stereocenters. The molecule has 0 aromatic heterocycles. The van der Waals surface area contributed by atoms with E-state index in [0.717, 1.165) is 6.07 Å². The fourth-order valence-corrected chi connectivity index (χ4v) is 3.03. The molecule has 1 aromatic carbocycles. The number of halogens is 1. The van der Waals surface area contributed by atoms with Crippen LogP contribution in [0.25, 0.3) is 0 Å². The van der Waals surface area contributed by atoms with Crippen LogP contribution in [0, 0.1) is 10.1 Å². The zero-order valence-electron chi connectivity index (χ0n) is 9.37. The molecule has 0 aliphatic rings. The number of carbonyl (C=O) groups excluding carboxylic acids is 1. The topological polar surface area (TPSA) is 94.3 Å². The predicted molar refractivity (Wildman–Crippen MR) is 69.6 cm³/mol. The van der Waals surface area contributed by atoms with Gasteiger partial charge in [0.1, 0.15) is 0 Å². The summed E-state index contributed by atoms with van der Waals surface area (Å²) < 4.78 is 21.7. The Morgan fingerprint density at radius 3 is 2.61 bits per heavy atom. The van der Waals surface area contributed by atoms with E-state index in [-0.39, 0.29) is 17.0 Å². The number of nitrogens with zero attached hydrogens (tertiary/aromatic N) is 1. The average molecular weight is 336 g/mol. The molecule has 6 nitrogen and oxygen atoms in total. The van der Waals surface area contributed by atoms with E-state index in [9.17, 15) is 23.3 Å². The summed E-state index contributed by atoms with van der Waals surface area (Å²) in [7, 11) is -3.58. The first kappa shape index (κ1) is 14.8. The summed E-state index contributed by atoms with van der Waals surface area (Å²) in [6, 6.07) is 4.97. The van der Waals surface area contributed by atoms with Crippen LogP contribution < -0.4 is 0 Å². The van der Waals surface area contributed by atoms with Gasteiger partial charge in [0.05, 0.1) is 4.92 Å². The number of rotatable bonds is 5. The molecule has 0 amide bonds. The molecule has 0 N–H and O–H groups in total. The molecule has 8 heteroatoms. The van der Waals surface area contributed by atoms with Crippen LogP contribution in [-0.4, -0.2) is 29.0 Å². The second kappa shape index (κ2) is 5.57. The van der Waals surface area contributed by atoms with E-state index in [1.807, 2.05) is 0 Å². The first-order valence-corrected chi connectivity index (χ1v) is 7.57. The van der Waals surface area contributed by atoms with Crippen LogP contribution in [0.1, 0.15) is 17.3 Å². The Morgan fingerprint density at radius 1 is 1.50 bits per heavy atom. The maximum atomic E-state index is 11.9. The molecule has 0 saturated heterocycles. The van der Waals surface area contributed by atoms with E-state index in [1.165, 1.54) is 25.1 Å². The molecule has 0 heterocycles. The molecule has 1 aromatic rings. The number of carbonyl (C=O) groups is 1. The highest BCUT2D eigenvalue weighted by Crippen LogP contribution is 2.20. The maximum Gasteiger partial charge on any atom is 0.270 e. The molecular weight excluding hydrogens is 326 g/mol. The van der Waals surface area contributed by atoms with Crippen LogP contribution in [-0.2, 0) is 9.84 Å². The van der Waals surface area contributed by atoms with Crippen LogP contribution in [0.2, 0.25) is 0 Å². The van der Waals surface area contributed by atoms with Gasteiger partial charge >= 0.3 is 0 Å². The summed E-state index contributed by atoms with van der Waals surface area (Å²) in [5.74, 6) is -0.899. The highest BCUT2D eigenvalue weighted by molar-refractivity contribution is 9.11. The molecule has 0 bridgehead atoms. The number of sulfone groups is 1. The molecule has 0 fully saturated rings. The van der Waals surface area contributed by atoms with Gasteiger partial charge < -0.3 is 0 Å². The highest BCUT2D eigenvalue weighted by Gasteiger charge is 2.29. The number of ketones is 1. The van der Waals surface area contributed by atoms with Gasteiger partial charge in [-0.3, -0.25) is 14.9 Å². The summed E-state index contributed by atoms with van der Waals surface area (Å²) in [4.78, 5) is 21.8. The van der Waals surface area contributed by atoms with Gasteiger partial charge in [-0.15, -0.1) is 0 Å². The summed E-state index contributed by atoms with van der Waals surface area (Å²) in [5, 5.41) is 10.6. The fraction of sp³-hybridized carbons (Fsp3) is 0.300. The van der Waals surface area contributed by atoms with Crippen LogP contribution in [0.4, 0.5) is 5.69 Å². The smallest absolute Gasteiger partial charge is 0.270 e. The number of Topliss-reactive ketones (excluding diaryl/α,β-unsaturated/α-hetero) is 1. The number of nitro benzene ring substituents is 1. The third-order valence-corrected chi connectivity index (χ3v) is 6.04. The predicted octanol–water partition coefficient (Wildman–Crippen LogP) is 1.93. The molecule has 1 atom stereocenters. The molecule has 0 radical (unpaired) electrons. The molecule has 1 rings (SSSR count).